The number of aliphatic hydroxyl groups excluding tert-OH is 1. The first kappa shape index (κ1) is 17.1. The number of halogens is 1. The Balaban J connectivity index is 2.48. The van der Waals surface area contributed by atoms with Crippen LogP contribution >= 0.6 is 0 Å². The highest BCUT2D eigenvalue weighted by atomic mass is 19.1. The normalized spacial score (nSPS) is 14.3. The summed E-state index contributed by atoms with van der Waals surface area (Å²) in [7, 11) is 0. The quantitative estimate of drug-likeness (QED) is 0.843. The molecule has 1 aromatic carbocycles. The van der Waals surface area contributed by atoms with Gasteiger partial charge in [-0.3, -0.25) is 0 Å². The molecule has 20 heavy (non-hydrogen) atoms. The molecule has 0 aromatic heterocycles. The maximum absolute atomic E-state index is 12.9. The fourth-order valence-corrected chi connectivity index (χ4v) is 1.75. The van der Waals surface area contributed by atoms with E-state index in [1.807, 2.05) is 34.6 Å². The lowest BCUT2D eigenvalue weighted by atomic mass is 9.94. The maximum atomic E-state index is 12.9. The van der Waals surface area contributed by atoms with Crippen LogP contribution in [0.15, 0.2) is 24.3 Å². The number of hydrogen-bond donors (Lipinski definition) is 2. The number of benzene rings is 1. The van der Waals surface area contributed by atoms with E-state index in [9.17, 15) is 9.50 Å². The van der Waals surface area contributed by atoms with Gasteiger partial charge in [-0.25, -0.2) is 4.39 Å². The maximum Gasteiger partial charge on any atom is 0.123 e. The summed E-state index contributed by atoms with van der Waals surface area (Å²) in [4.78, 5) is 0. The van der Waals surface area contributed by atoms with Gasteiger partial charge in [-0.05, 0) is 52.3 Å². The molecule has 3 nitrogen and oxygen atoms in total. The van der Waals surface area contributed by atoms with Crippen LogP contribution in [0.5, 0.6) is 0 Å². The van der Waals surface area contributed by atoms with E-state index in [1.165, 1.54) is 12.1 Å². The summed E-state index contributed by atoms with van der Waals surface area (Å²) in [5.74, 6) is -0.247. The minimum Gasteiger partial charge on any atom is -0.389 e. The second-order valence-corrected chi connectivity index (χ2v) is 6.59. The Kier molecular flexibility index (Phi) is 5.68. The first-order valence-corrected chi connectivity index (χ1v) is 6.93. The van der Waals surface area contributed by atoms with Gasteiger partial charge in [0.2, 0.25) is 0 Å². The first-order valence-electron chi connectivity index (χ1n) is 6.93. The van der Waals surface area contributed by atoms with Crippen LogP contribution in [0.3, 0.4) is 0 Å². The number of ether oxygens (including phenoxy) is 1. The van der Waals surface area contributed by atoms with E-state index in [2.05, 4.69) is 5.32 Å². The van der Waals surface area contributed by atoms with Gasteiger partial charge in [-0.2, -0.15) is 0 Å². The zero-order valence-corrected chi connectivity index (χ0v) is 13.0. The first-order chi connectivity index (χ1) is 9.10. The minimum atomic E-state index is -0.575. The summed E-state index contributed by atoms with van der Waals surface area (Å²) in [5.41, 5.74) is 0.381. The van der Waals surface area contributed by atoms with Crippen molar-refractivity contribution >= 4 is 0 Å². The fourth-order valence-electron chi connectivity index (χ4n) is 1.75. The number of rotatable bonds is 6. The summed E-state index contributed by atoms with van der Waals surface area (Å²) < 4.78 is 18.5. The van der Waals surface area contributed by atoms with Gasteiger partial charge < -0.3 is 15.2 Å². The third kappa shape index (κ3) is 5.99. The lowest BCUT2D eigenvalue weighted by Crippen LogP contribution is -2.43. The van der Waals surface area contributed by atoms with Gasteiger partial charge in [0.25, 0.3) is 0 Å². The van der Waals surface area contributed by atoms with Crippen molar-refractivity contribution in [3.8, 4) is 0 Å². The lowest BCUT2D eigenvalue weighted by Gasteiger charge is -2.29. The highest BCUT2D eigenvalue weighted by Gasteiger charge is 2.21. The molecule has 0 radical (unpaired) electrons. The predicted molar refractivity (Wildman–Crippen MR) is 79.1 cm³/mol. The van der Waals surface area contributed by atoms with E-state index >= 15 is 0 Å². The summed E-state index contributed by atoms with van der Waals surface area (Å²) in [5, 5.41) is 13.2. The Labute approximate surface area is 121 Å². The van der Waals surface area contributed by atoms with Crippen LogP contribution in [0.4, 0.5) is 4.39 Å². The van der Waals surface area contributed by atoms with Crippen LogP contribution in [0.1, 0.15) is 40.2 Å². The van der Waals surface area contributed by atoms with Gasteiger partial charge >= 0.3 is 0 Å². The average molecular weight is 283 g/mol. The van der Waals surface area contributed by atoms with Crippen LogP contribution in [0, 0.1) is 5.82 Å². The second-order valence-electron chi connectivity index (χ2n) is 6.59. The van der Waals surface area contributed by atoms with Crippen LogP contribution in [0.2, 0.25) is 0 Å². The van der Waals surface area contributed by atoms with Gasteiger partial charge in [0.15, 0.2) is 0 Å². The standard InChI is InChI=1S/C16H26FNO2/c1-15(2,3)20-11-14(19)10-18-16(4,5)12-6-8-13(17)9-7-12/h6-9,14,18-19H,10-11H2,1-5H3. The van der Waals surface area contributed by atoms with E-state index in [1.54, 1.807) is 12.1 Å². The van der Waals surface area contributed by atoms with E-state index < -0.39 is 6.10 Å². The van der Waals surface area contributed by atoms with Crippen molar-refractivity contribution in [3.05, 3.63) is 35.6 Å². The molecule has 0 fully saturated rings. The molecule has 0 aliphatic heterocycles. The Morgan fingerprint density at radius 3 is 2.20 bits per heavy atom. The van der Waals surface area contributed by atoms with Gasteiger partial charge in [0.05, 0.1) is 18.3 Å². The summed E-state index contributed by atoms with van der Waals surface area (Å²) >= 11 is 0. The van der Waals surface area contributed by atoms with Crippen molar-refractivity contribution in [2.75, 3.05) is 13.2 Å². The molecule has 0 aliphatic carbocycles. The number of nitrogens with one attached hydrogen (secondary N) is 1. The highest BCUT2D eigenvalue weighted by Crippen LogP contribution is 2.20. The molecule has 1 aromatic rings. The molecule has 1 unspecified atom stereocenters. The molecule has 1 atom stereocenters. The molecule has 2 N–H and O–H groups in total. The summed E-state index contributed by atoms with van der Waals surface area (Å²) in [6.07, 6.45) is -0.575. The Morgan fingerprint density at radius 2 is 1.70 bits per heavy atom. The molecule has 0 saturated carbocycles. The Bertz CT molecular complexity index is 409. The van der Waals surface area contributed by atoms with Crippen LogP contribution in [-0.4, -0.2) is 30.0 Å². The predicted octanol–water partition coefficient (Wildman–Crippen LogP) is 2.83. The molecule has 0 heterocycles. The number of hydrogen-bond acceptors (Lipinski definition) is 3. The second kappa shape index (κ2) is 6.66. The van der Waals surface area contributed by atoms with Crippen molar-refractivity contribution in [1.82, 2.24) is 5.32 Å². The van der Waals surface area contributed by atoms with Crippen molar-refractivity contribution in [1.29, 1.82) is 0 Å². The SMILES string of the molecule is CC(C)(C)OCC(O)CNC(C)(C)c1ccc(F)cc1. The fraction of sp³-hybridized carbons (Fsp3) is 0.625. The summed E-state index contributed by atoms with van der Waals surface area (Å²) in [6, 6.07) is 6.39. The minimum absolute atomic E-state index is 0.247. The molecule has 0 bridgehead atoms. The Morgan fingerprint density at radius 1 is 1.15 bits per heavy atom. The van der Waals surface area contributed by atoms with E-state index in [0.717, 1.165) is 5.56 Å². The van der Waals surface area contributed by atoms with Gasteiger partial charge in [-0.1, -0.05) is 12.1 Å². The lowest BCUT2D eigenvalue weighted by molar-refractivity contribution is -0.0491. The van der Waals surface area contributed by atoms with Gasteiger partial charge in [-0.15, -0.1) is 0 Å². The molecule has 0 amide bonds. The van der Waals surface area contributed by atoms with Crippen molar-refractivity contribution in [3.63, 3.8) is 0 Å². The third-order valence-electron chi connectivity index (χ3n) is 3.05. The molecular weight excluding hydrogens is 257 g/mol. The van der Waals surface area contributed by atoms with Crippen molar-refractivity contribution in [2.24, 2.45) is 0 Å². The third-order valence-corrected chi connectivity index (χ3v) is 3.05. The molecule has 0 spiro atoms. The van der Waals surface area contributed by atoms with Crippen LogP contribution < -0.4 is 5.32 Å². The monoisotopic (exact) mass is 283 g/mol. The largest absolute Gasteiger partial charge is 0.389 e. The molecular formula is C16H26FNO2. The topological polar surface area (TPSA) is 41.5 Å². The molecule has 1 rings (SSSR count). The molecule has 0 aliphatic rings. The van der Waals surface area contributed by atoms with Gasteiger partial charge in [0, 0.05) is 12.1 Å². The molecule has 0 saturated heterocycles. The van der Waals surface area contributed by atoms with Crippen LogP contribution in [0.25, 0.3) is 0 Å². The van der Waals surface area contributed by atoms with Crippen molar-refractivity contribution in [2.45, 2.75) is 51.9 Å². The Hall–Kier alpha value is -0.970. The highest BCUT2D eigenvalue weighted by molar-refractivity contribution is 5.23. The summed E-state index contributed by atoms with van der Waals surface area (Å²) in [6.45, 7) is 10.6. The van der Waals surface area contributed by atoms with Gasteiger partial charge in [0.1, 0.15) is 5.82 Å². The van der Waals surface area contributed by atoms with Crippen LogP contribution in [-0.2, 0) is 10.3 Å². The zero-order valence-electron chi connectivity index (χ0n) is 13.0. The van der Waals surface area contributed by atoms with E-state index in [0.29, 0.717) is 6.54 Å². The molecule has 4 heteroatoms. The zero-order chi connectivity index (χ0) is 15.4. The number of aliphatic hydroxyl groups is 1. The van der Waals surface area contributed by atoms with E-state index in [-0.39, 0.29) is 23.6 Å². The smallest absolute Gasteiger partial charge is 0.123 e. The van der Waals surface area contributed by atoms with Crippen molar-refractivity contribution < 1.29 is 14.2 Å². The molecule has 114 valence electrons. The average Bonchev–Trinajstić information content (AvgIpc) is 2.34. The van der Waals surface area contributed by atoms with E-state index in [4.69, 9.17) is 4.74 Å².